The van der Waals surface area contributed by atoms with Gasteiger partial charge in [0.15, 0.2) is 0 Å². The van der Waals surface area contributed by atoms with Crippen molar-refractivity contribution in [1.82, 2.24) is 0 Å². The van der Waals surface area contributed by atoms with Gasteiger partial charge >= 0.3 is 0 Å². The van der Waals surface area contributed by atoms with Crippen LogP contribution in [-0.2, 0) is 4.79 Å². The van der Waals surface area contributed by atoms with Crippen LogP contribution in [0.25, 0.3) is 0 Å². The number of carboxylic acid groups (broad SMARTS) is 1. The van der Waals surface area contributed by atoms with Crippen molar-refractivity contribution in [2.45, 2.75) is 13.1 Å². The molecule has 0 unspecified atom stereocenters. The van der Waals surface area contributed by atoms with Gasteiger partial charge in [0, 0.05) is 0 Å². The van der Waals surface area contributed by atoms with Crippen LogP contribution in [0, 0.1) is 0 Å². The monoisotopic (exact) mass is 91.0 g/mol. The lowest BCUT2D eigenvalue weighted by Crippen LogP contribution is -2.30. The average molecular weight is 91.1 g/mol. The highest BCUT2D eigenvalue weighted by molar-refractivity contribution is 5.68. The standard InChI is InChI=1S/C3H5FO2/c1-2(4)3(5)6/h2H,1H3,(H,5,6)/p-1/t2-/m0/s1. The van der Waals surface area contributed by atoms with Gasteiger partial charge in [-0.1, -0.05) is 0 Å². The molecule has 0 radical (unpaired) electrons. The molecule has 0 fully saturated rings. The molecule has 0 amide bonds. The van der Waals surface area contributed by atoms with Gasteiger partial charge in [-0.25, -0.2) is 4.39 Å². The highest BCUT2D eigenvalue weighted by atomic mass is 19.1. The second-order valence-corrected chi connectivity index (χ2v) is 0.935. The highest BCUT2D eigenvalue weighted by Gasteiger charge is 1.92. The van der Waals surface area contributed by atoms with Crippen LogP contribution in [0.1, 0.15) is 6.92 Å². The first kappa shape index (κ1) is 5.40. The summed E-state index contributed by atoms with van der Waals surface area (Å²) in [6, 6.07) is 0. The lowest BCUT2D eigenvalue weighted by atomic mass is 10.5. The van der Waals surface area contributed by atoms with Crippen LogP contribution < -0.4 is 5.11 Å². The molecule has 2 nitrogen and oxygen atoms in total. The molecule has 0 aromatic heterocycles. The van der Waals surface area contributed by atoms with E-state index >= 15 is 0 Å². The summed E-state index contributed by atoms with van der Waals surface area (Å²) in [6.45, 7) is 0.912. The van der Waals surface area contributed by atoms with Gasteiger partial charge in [0.25, 0.3) is 0 Å². The molecule has 0 heterocycles. The summed E-state index contributed by atoms with van der Waals surface area (Å²) >= 11 is 0. The molecule has 36 valence electrons. The van der Waals surface area contributed by atoms with E-state index in [1.807, 2.05) is 0 Å². The van der Waals surface area contributed by atoms with E-state index in [-0.39, 0.29) is 0 Å². The Balaban J connectivity index is 3.26. The molecule has 0 N–H and O–H groups in total. The zero-order valence-electron chi connectivity index (χ0n) is 3.27. The van der Waals surface area contributed by atoms with Crippen molar-refractivity contribution in [1.29, 1.82) is 0 Å². The molecule has 0 saturated carbocycles. The zero-order chi connectivity index (χ0) is 5.15. The predicted octanol–water partition coefficient (Wildman–Crippen LogP) is -0.906. The number of aliphatic carboxylic acids is 1. The maximum absolute atomic E-state index is 11.2. The van der Waals surface area contributed by atoms with E-state index in [1.165, 1.54) is 0 Å². The number of carbonyl (C=O) groups excluding carboxylic acids is 1. The third-order valence-corrected chi connectivity index (χ3v) is 0.325. The van der Waals surface area contributed by atoms with Crippen molar-refractivity contribution >= 4 is 5.97 Å². The summed E-state index contributed by atoms with van der Waals surface area (Å²) < 4.78 is 11.2. The fourth-order valence-corrected chi connectivity index (χ4v) is 0. The van der Waals surface area contributed by atoms with E-state index in [4.69, 9.17) is 0 Å². The molecule has 0 aromatic carbocycles. The fraction of sp³-hybridized carbons (Fsp3) is 0.667. The summed E-state index contributed by atoms with van der Waals surface area (Å²) in [4.78, 5) is 9.21. The number of hydrogen-bond acceptors (Lipinski definition) is 2. The molecule has 0 aromatic rings. The van der Waals surface area contributed by atoms with Gasteiger partial charge < -0.3 is 9.90 Å². The lowest BCUT2D eigenvalue weighted by molar-refractivity contribution is -0.311. The largest absolute Gasteiger partial charge is 0.547 e. The normalized spacial score (nSPS) is 13.7. The molecule has 3 heteroatoms. The van der Waals surface area contributed by atoms with Crippen LogP contribution in [0.4, 0.5) is 4.39 Å². The van der Waals surface area contributed by atoms with Gasteiger partial charge in [0.1, 0.15) is 6.17 Å². The molecule has 6 heavy (non-hydrogen) atoms. The maximum Gasteiger partial charge on any atom is 0.137 e. The van der Waals surface area contributed by atoms with Crippen LogP contribution in [0.15, 0.2) is 0 Å². The van der Waals surface area contributed by atoms with Gasteiger partial charge in [-0.15, -0.1) is 0 Å². The summed E-state index contributed by atoms with van der Waals surface area (Å²) in [6.07, 6.45) is -1.84. The Bertz CT molecular complexity index is 59.8. The Morgan fingerprint density at radius 1 is 2.00 bits per heavy atom. The number of carboxylic acids is 1. The van der Waals surface area contributed by atoms with E-state index in [1.54, 1.807) is 0 Å². The lowest BCUT2D eigenvalue weighted by Gasteiger charge is -1.97. The van der Waals surface area contributed by atoms with E-state index in [0.29, 0.717) is 0 Å². The third-order valence-electron chi connectivity index (χ3n) is 0.325. The van der Waals surface area contributed by atoms with Crippen molar-refractivity contribution in [3.8, 4) is 0 Å². The van der Waals surface area contributed by atoms with Gasteiger partial charge in [-0.2, -0.15) is 0 Å². The van der Waals surface area contributed by atoms with Crippen molar-refractivity contribution in [2.75, 3.05) is 0 Å². The Morgan fingerprint density at radius 3 is 2.17 bits per heavy atom. The van der Waals surface area contributed by atoms with Gasteiger partial charge in [-0.05, 0) is 6.92 Å². The number of halogens is 1. The second kappa shape index (κ2) is 1.74. The molecule has 0 aliphatic heterocycles. The van der Waals surface area contributed by atoms with Crippen LogP contribution in [0.3, 0.4) is 0 Å². The third kappa shape index (κ3) is 1.69. The minimum Gasteiger partial charge on any atom is -0.547 e. The first-order valence-electron chi connectivity index (χ1n) is 1.49. The fourth-order valence-electron chi connectivity index (χ4n) is 0. The second-order valence-electron chi connectivity index (χ2n) is 0.935. The van der Waals surface area contributed by atoms with Crippen molar-refractivity contribution in [3.63, 3.8) is 0 Å². The Kier molecular flexibility index (Phi) is 1.57. The molecular formula is C3H4FO2-. The summed E-state index contributed by atoms with van der Waals surface area (Å²) in [5.41, 5.74) is 0. The topological polar surface area (TPSA) is 40.1 Å². The molecular weight excluding hydrogens is 87.0 g/mol. The van der Waals surface area contributed by atoms with Crippen LogP contribution in [0.2, 0.25) is 0 Å². The molecule has 0 spiro atoms. The van der Waals surface area contributed by atoms with E-state index < -0.39 is 12.1 Å². The first-order valence-corrected chi connectivity index (χ1v) is 1.49. The van der Waals surface area contributed by atoms with Crippen molar-refractivity contribution in [2.24, 2.45) is 0 Å². The SMILES string of the molecule is C[C@H](F)C(=O)[O-]. The molecule has 0 rings (SSSR count). The van der Waals surface area contributed by atoms with E-state index in [0.717, 1.165) is 6.92 Å². The first-order chi connectivity index (χ1) is 2.64. The number of carbonyl (C=O) groups is 1. The minimum atomic E-state index is -1.84. The zero-order valence-corrected chi connectivity index (χ0v) is 3.27. The number of alkyl halides is 1. The van der Waals surface area contributed by atoms with Gasteiger partial charge in [0.2, 0.25) is 0 Å². The minimum absolute atomic E-state index is 0.912. The van der Waals surface area contributed by atoms with Crippen LogP contribution in [-0.4, -0.2) is 12.1 Å². The van der Waals surface area contributed by atoms with Gasteiger partial charge in [0.05, 0.1) is 5.97 Å². The molecule has 0 aliphatic carbocycles. The average Bonchev–Trinajstić information content (AvgIpc) is 1.36. The van der Waals surface area contributed by atoms with E-state index in [9.17, 15) is 14.3 Å². The highest BCUT2D eigenvalue weighted by Crippen LogP contribution is 1.80. The van der Waals surface area contributed by atoms with Crippen molar-refractivity contribution in [3.05, 3.63) is 0 Å². The van der Waals surface area contributed by atoms with Crippen molar-refractivity contribution < 1.29 is 14.3 Å². The van der Waals surface area contributed by atoms with Crippen LogP contribution >= 0.6 is 0 Å². The molecule has 1 atom stereocenters. The molecule has 0 bridgehead atoms. The van der Waals surface area contributed by atoms with Crippen LogP contribution in [0.5, 0.6) is 0 Å². The Morgan fingerprint density at radius 2 is 2.17 bits per heavy atom. The Hall–Kier alpha value is -0.600. The molecule has 0 saturated heterocycles. The summed E-state index contributed by atoms with van der Waals surface area (Å²) in [5.74, 6) is -1.66. The summed E-state index contributed by atoms with van der Waals surface area (Å²) in [7, 11) is 0. The van der Waals surface area contributed by atoms with E-state index in [2.05, 4.69) is 0 Å². The van der Waals surface area contributed by atoms with Gasteiger partial charge in [-0.3, -0.25) is 0 Å². The Labute approximate surface area is 34.6 Å². The maximum atomic E-state index is 11.2. The number of hydrogen-bond donors (Lipinski definition) is 0. The number of rotatable bonds is 1. The quantitative estimate of drug-likeness (QED) is 0.419. The predicted molar refractivity (Wildman–Crippen MR) is 15.6 cm³/mol. The smallest absolute Gasteiger partial charge is 0.137 e. The summed E-state index contributed by atoms with van der Waals surface area (Å²) in [5, 5.41) is 9.21. The molecule has 0 aliphatic rings.